The fourth-order valence-electron chi connectivity index (χ4n) is 3.56. The highest BCUT2D eigenvalue weighted by atomic mass is 79.9. The van der Waals surface area contributed by atoms with E-state index in [9.17, 15) is 4.79 Å². The Hall–Kier alpha value is -1.01. The topological polar surface area (TPSA) is 41.9 Å². The van der Waals surface area contributed by atoms with E-state index in [1.807, 2.05) is 24.5 Å². The molecule has 2 aliphatic rings. The van der Waals surface area contributed by atoms with E-state index in [2.05, 4.69) is 29.8 Å². The second-order valence-electron chi connectivity index (χ2n) is 5.62. The number of ether oxygens (including phenoxy) is 1. The number of nitrogens with zero attached hydrogens (tertiary/aromatic N) is 2. The van der Waals surface area contributed by atoms with Gasteiger partial charge < -0.3 is 4.74 Å². The van der Waals surface area contributed by atoms with E-state index in [1.54, 1.807) is 11.9 Å². The van der Waals surface area contributed by atoms with Crippen molar-refractivity contribution in [2.45, 2.75) is 45.3 Å². The summed E-state index contributed by atoms with van der Waals surface area (Å²) in [6.45, 7) is 4.12. The minimum Gasteiger partial charge on any atom is -0.483 e. The van der Waals surface area contributed by atoms with E-state index in [4.69, 9.17) is 9.73 Å². The summed E-state index contributed by atoms with van der Waals surface area (Å²) in [5.41, 5.74) is -0.728. The van der Waals surface area contributed by atoms with Crippen LogP contribution < -0.4 is 4.74 Å². The second-order valence-corrected chi connectivity index (χ2v) is 7.31. The molecule has 2 aliphatic heterocycles. The van der Waals surface area contributed by atoms with Gasteiger partial charge in [0.1, 0.15) is 11.4 Å². The maximum absolute atomic E-state index is 13.2. The molecule has 23 heavy (non-hydrogen) atoms. The van der Waals surface area contributed by atoms with Crippen LogP contribution in [0.5, 0.6) is 5.75 Å². The van der Waals surface area contributed by atoms with E-state index in [-0.39, 0.29) is 13.3 Å². The number of halogens is 1. The van der Waals surface area contributed by atoms with Crippen LogP contribution in [0.15, 0.2) is 27.7 Å². The van der Waals surface area contributed by atoms with Gasteiger partial charge in [0.2, 0.25) is 5.54 Å². The van der Waals surface area contributed by atoms with E-state index in [0.29, 0.717) is 0 Å². The summed E-state index contributed by atoms with van der Waals surface area (Å²) in [4.78, 5) is 19.8. The molecule has 3 rings (SSSR count). The van der Waals surface area contributed by atoms with Crippen molar-refractivity contribution in [1.29, 1.82) is 0 Å². The van der Waals surface area contributed by atoms with Gasteiger partial charge >= 0.3 is 0 Å². The molecule has 1 amide bonds. The van der Waals surface area contributed by atoms with Crippen LogP contribution in [-0.2, 0) is 10.3 Å². The number of hydrogen-bond acceptors (Lipinski definition) is 4. The highest BCUT2D eigenvalue weighted by Gasteiger charge is 2.67. The molecular weight excluding hydrogens is 376 g/mol. The number of carbonyl (C=O) groups is 1. The maximum Gasteiger partial charge on any atom is 0.265 e. The molecule has 0 fully saturated rings. The molecule has 1 aromatic carbocycles. The smallest absolute Gasteiger partial charge is 0.265 e. The molecule has 4 nitrogen and oxygen atoms in total. The van der Waals surface area contributed by atoms with Gasteiger partial charge in [0.05, 0.1) is 0 Å². The zero-order valence-electron chi connectivity index (χ0n) is 13.1. The molecule has 0 aliphatic carbocycles. The van der Waals surface area contributed by atoms with Gasteiger partial charge in [0, 0.05) is 17.1 Å². The Morgan fingerprint density at radius 2 is 2.00 bits per heavy atom. The van der Waals surface area contributed by atoms with Crippen LogP contribution in [0.1, 0.15) is 39.7 Å². The Kier molecular flexibility index (Phi) is 4.89. The predicted molar refractivity (Wildman–Crippen MR) is 100 cm³/mol. The molecule has 2 heterocycles. The summed E-state index contributed by atoms with van der Waals surface area (Å²) < 4.78 is 7.24. The normalized spacial score (nSPS) is 24.3. The fourth-order valence-corrected chi connectivity index (χ4v) is 4.51. The summed E-state index contributed by atoms with van der Waals surface area (Å²) in [5, 5.41) is 0.743. The fraction of sp³-hybridized carbons (Fsp3) is 0.529. The van der Waals surface area contributed by atoms with Crippen molar-refractivity contribution < 1.29 is 9.53 Å². The van der Waals surface area contributed by atoms with Gasteiger partial charge in [-0.25, -0.2) is 4.99 Å². The molecule has 1 aromatic rings. The SMILES string of the molecule is C.CCC1(CC)Oc2ccc(Br)cc2C12N=C(SC)N(C)C2=O. The van der Waals surface area contributed by atoms with Crippen molar-refractivity contribution in [3.63, 3.8) is 0 Å². The quantitative estimate of drug-likeness (QED) is 0.739. The molecular formula is C17H23BrN2O2S. The molecule has 126 valence electrons. The van der Waals surface area contributed by atoms with E-state index >= 15 is 0 Å². The first-order chi connectivity index (χ1) is 10.5. The van der Waals surface area contributed by atoms with Crippen LogP contribution in [0.4, 0.5) is 0 Å². The average Bonchev–Trinajstić information content (AvgIpc) is 2.95. The summed E-state index contributed by atoms with van der Waals surface area (Å²) in [6.07, 6.45) is 3.39. The largest absolute Gasteiger partial charge is 0.483 e. The number of rotatable bonds is 2. The van der Waals surface area contributed by atoms with Gasteiger partial charge in [-0.1, -0.05) is 49.0 Å². The van der Waals surface area contributed by atoms with Crippen LogP contribution in [0.25, 0.3) is 0 Å². The third kappa shape index (κ3) is 2.18. The summed E-state index contributed by atoms with van der Waals surface area (Å²) in [7, 11) is 1.79. The average molecular weight is 399 g/mol. The lowest BCUT2D eigenvalue weighted by molar-refractivity contribution is -0.137. The zero-order chi connectivity index (χ0) is 16.1. The molecule has 0 bridgehead atoms. The number of thioether (sulfide) groups is 1. The van der Waals surface area contributed by atoms with Gasteiger partial charge in [-0.3, -0.25) is 9.69 Å². The van der Waals surface area contributed by atoms with Crippen molar-refractivity contribution in [2.24, 2.45) is 4.99 Å². The third-order valence-corrected chi connectivity index (χ3v) is 6.01. The minimum absolute atomic E-state index is 0. The highest BCUT2D eigenvalue weighted by molar-refractivity contribution is 9.10. The molecule has 0 saturated carbocycles. The molecule has 0 aromatic heterocycles. The summed E-state index contributed by atoms with van der Waals surface area (Å²) in [5.74, 6) is 0.761. The van der Waals surface area contributed by atoms with Crippen molar-refractivity contribution in [2.75, 3.05) is 13.3 Å². The lowest BCUT2D eigenvalue weighted by Crippen LogP contribution is -2.55. The zero-order valence-corrected chi connectivity index (χ0v) is 15.5. The van der Waals surface area contributed by atoms with E-state index in [1.165, 1.54) is 11.8 Å². The molecule has 6 heteroatoms. The number of benzene rings is 1. The number of amides is 1. The highest BCUT2D eigenvalue weighted by Crippen LogP contribution is 2.57. The van der Waals surface area contributed by atoms with E-state index in [0.717, 1.165) is 33.8 Å². The minimum atomic E-state index is -0.970. The number of aliphatic imine (C=N–C) groups is 1. The lowest BCUT2D eigenvalue weighted by Gasteiger charge is -2.37. The standard InChI is InChI=1S/C16H19BrN2O2S.CH4/c1-5-15(6-2)16(13(20)19(3)14(18-16)22-4)11-9-10(17)7-8-12(11)21-15;/h7-9H,5-6H2,1-4H3;1H4. The second kappa shape index (κ2) is 6.13. The Morgan fingerprint density at radius 3 is 2.52 bits per heavy atom. The number of likely N-dealkylation sites (N-methyl/N-ethyl adjacent to an activating group) is 1. The number of carbonyl (C=O) groups excluding carboxylic acids is 1. The molecule has 0 saturated heterocycles. The summed E-state index contributed by atoms with van der Waals surface area (Å²) in [6, 6.07) is 5.84. The van der Waals surface area contributed by atoms with Crippen LogP contribution in [-0.4, -0.2) is 34.9 Å². The van der Waals surface area contributed by atoms with Crippen molar-refractivity contribution in [3.8, 4) is 5.75 Å². The van der Waals surface area contributed by atoms with Crippen molar-refractivity contribution >= 4 is 38.8 Å². The van der Waals surface area contributed by atoms with Crippen LogP contribution in [0.2, 0.25) is 0 Å². The van der Waals surface area contributed by atoms with Crippen molar-refractivity contribution in [3.05, 3.63) is 28.2 Å². The van der Waals surface area contributed by atoms with Gasteiger partial charge in [-0.15, -0.1) is 0 Å². The maximum atomic E-state index is 13.2. The Bertz CT molecular complexity index is 673. The molecule has 1 atom stereocenters. The molecule has 0 radical (unpaired) electrons. The van der Waals surface area contributed by atoms with Gasteiger partial charge in [0.25, 0.3) is 5.91 Å². The van der Waals surface area contributed by atoms with Crippen LogP contribution >= 0.6 is 27.7 Å². The van der Waals surface area contributed by atoms with Gasteiger partial charge in [-0.05, 0) is 37.3 Å². The van der Waals surface area contributed by atoms with E-state index < -0.39 is 11.1 Å². The first kappa shape index (κ1) is 18.3. The molecule has 1 spiro atoms. The van der Waals surface area contributed by atoms with Crippen LogP contribution in [0.3, 0.4) is 0 Å². The Morgan fingerprint density at radius 1 is 1.35 bits per heavy atom. The first-order valence-electron chi connectivity index (χ1n) is 7.36. The molecule has 1 unspecified atom stereocenters. The number of amidine groups is 1. The Labute approximate surface area is 150 Å². The van der Waals surface area contributed by atoms with Crippen molar-refractivity contribution in [1.82, 2.24) is 4.90 Å². The van der Waals surface area contributed by atoms with Crippen LogP contribution in [0, 0.1) is 0 Å². The Balaban J connectivity index is 0.00000192. The lowest BCUT2D eigenvalue weighted by atomic mass is 9.73. The number of fused-ring (bicyclic) bond motifs is 2. The monoisotopic (exact) mass is 398 g/mol. The predicted octanol–water partition coefficient (Wildman–Crippen LogP) is 4.42. The number of hydrogen-bond donors (Lipinski definition) is 0. The summed E-state index contributed by atoms with van der Waals surface area (Å²) >= 11 is 5.00. The first-order valence-corrected chi connectivity index (χ1v) is 9.38. The van der Waals surface area contributed by atoms with Gasteiger partial charge in [-0.2, -0.15) is 0 Å². The molecule has 0 N–H and O–H groups in total. The third-order valence-electron chi connectivity index (χ3n) is 4.79. The van der Waals surface area contributed by atoms with Gasteiger partial charge in [0.15, 0.2) is 5.17 Å².